The molecule has 0 aliphatic carbocycles. The van der Waals surface area contributed by atoms with E-state index in [1.807, 2.05) is 0 Å². The lowest BCUT2D eigenvalue weighted by Gasteiger charge is -2.16. The van der Waals surface area contributed by atoms with Crippen LogP contribution in [0.15, 0.2) is 6.07 Å². The van der Waals surface area contributed by atoms with Crippen LogP contribution >= 0.6 is 11.6 Å². The number of halogens is 1. The third-order valence-electron chi connectivity index (χ3n) is 2.47. The molecule has 0 fully saturated rings. The first-order chi connectivity index (χ1) is 8.54. The maximum absolute atomic E-state index is 10.6. The molecule has 0 spiro atoms. The Balaban J connectivity index is 3.28. The molecule has 0 saturated carbocycles. The molecular weight excluding hydrogens is 260 g/mol. The van der Waals surface area contributed by atoms with Crippen molar-refractivity contribution in [2.45, 2.75) is 12.8 Å². The highest BCUT2D eigenvalue weighted by atomic mass is 35.5. The quantitative estimate of drug-likeness (QED) is 0.863. The van der Waals surface area contributed by atoms with Crippen LogP contribution < -0.4 is 14.2 Å². The first-order valence-electron chi connectivity index (χ1n) is 5.24. The largest absolute Gasteiger partial charge is 0.495 e. The number of hydrogen-bond acceptors (Lipinski definition) is 4. The standard InChI is InChI=1S/C12H15ClO5/c1-16-8-6-9(17-2)12(18-3)7(11(8)13)4-5-10(14)15/h6H,4-5H2,1-3H3,(H,14,15). The van der Waals surface area contributed by atoms with E-state index in [0.29, 0.717) is 27.8 Å². The fourth-order valence-electron chi connectivity index (χ4n) is 1.62. The third-order valence-corrected chi connectivity index (χ3v) is 2.89. The minimum atomic E-state index is -0.907. The molecule has 0 aromatic heterocycles. The van der Waals surface area contributed by atoms with Crippen molar-refractivity contribution in [2.24, 2.45) is 0 Å². The maximum Gasteiger partial charge on any atom is 0.303 e. The van der Waals surface area contributed by atoms with E-state index in [9.17, 15) is 4.79 Å². The summed E-state index contributed by atoms with van der Waals surface area (Å²) in [6.07, 6.45) is 0.192. The Labute approximate surface area is 110 Å². The summed E-state index contributed by atoms with van der Waals surface area (Å²) < 4.78 is 15.5. The zero-order chi connectivity index (χ0) is 13.7. The van der Waals surface area contributed by atoms with Crippen LogP contribution in [-0.4, -0.2) is 32.4 Å². The van der Waals surface area contributed by atoms with Gasteiger partial charge in [-0.15, -0.1) is 0 Å². The van der Waals surface area contributed by atoms with Gasteiger partial charge in [0.15, 0.2) is 11.5 Å². The molecule has 0 radical (unpaired) electrons. The first kappa shape index (κ1) is 14.4. The normalized spacial score (nSPS) is 10.0. The Morgan fingerprint density at radius 2 is 1.83 bits per heavy atom. The lowest BCUT2D eigenvalue weighted by molar-refractivity contribution is -0.136. The van der Waals surface area contributed by atoms with Crippen molar-refractivity contribution in [1.29, 1.82) is 0 Å². The Hall–Kier alpha value is -1.62. The number of rotatable bonds is 6. The van der Waals surface area contributed by atoms with Crippen LogP contribution in [0.5, 0.6) is 17.2 Å². The zero-order valence-electron chi connectivity index (χ0n) is 10.4. The van der Waals surface area contributed by atoms with Crippen LogP contribution in [-0.2, 0) is 11.2 Å². The SMILES string of the molecule is COc1cc(OC)c(OC)c(CCC(=O)O)c1Cl. The van der Waals surface area contributed by atoms with Gasteiger partial charge in [0.1, 0.15) is 5.75 Å². The summed E-state index contributed by atoms with van der Waals surface area (Å²) in [5, 5.41) is 9.08. The highest BCUT2D eigenvalue weighted by molar-refractivity contribution is 6.33. The molecule has 6 heteroatoms. The average molecular weight is 275 g/mol. The van der Waals surface area contributed by atoms with Crippen LogP contribution in [0, 0.1) is 0 Å². The van der Waals surface area contributed by atoms with Crippen molar-refractivity contribution >= 4 is 17.6 Å². The molecule has 0 heterocycles. The fourth-order valence-corrected chi connectivity index (χ4v) is 1.94. The molecule has 100 valence electrons. The fraction of sp³-hybridized carbons (Fsp3) is 0.417. The summed E-state index contributed by atoms with van der Waals surface area (Å²) in [7, 11) is 4.45. The van der Waals surface area contributed by atoms with Gasteiger partial charge in [-0.2, -0.15) is 0 Å². The minimum Gasteiger partial charge on any atom is -0.495 e. The van der Waals surface area contributed by atoms with E-state index in [0.717, 1.165) is 0 Å². The highest BCUT2D eigenvalue weighted by Crippen LogP contribution is 2.42. The molecule has 0 bridgehead atoms. The lowest BCUT2D eigenvalue weighted by atomic mass is 10.1. The van der Waals surface area contributed by atoms with Gasteiger partial charge in [0.25, 0.3) is 0 Å². The number of carboxylic acid groups (broad SMARTS) is 1. The Kier molecular flexibility index (Phi) is 5.09. The van der Waals surface area contributed by atoms with Crippen molar-refractivity contribution in [1.82, 2.24) is 0 Å². The Morgan fingerprint density at radius 3 is 2.28 bits per heavy atom. The van der Waals surface area contributed by atoms with Crippen molar-refractivity contribution in [3.05, 3.63) is 16.7 Å². The van der Waals surface area contributed by atoms with Gasteiger partial charge in [0.05, 0.1) is 26.4 Å². The summed E-state index contributed by atoms with van der Waals surface area (Å²) in [5.41, 5.74) is 0.567. The number of hydrogen-bond donors (Lipinski definition) is 1. The summed E-state index contributed by atoms with van der Waals surface area (Å²) in [6, 6.07) is 1.60. The highest BCUT2D eigenvalue weighted by Gasteiger charge is 2.19. The Bertz CT molecular complexity index is 445. The van der Waals surface area contributed by atoms with Gasteiger partial charge < -0.3 is 19.3 Å². The zero-order valence-corrected chi connectivity index (χ0v) is 11.2. The number of carboxylic acids is 1. The van der Waals surface area contributed by atoms with E-state index in [2.05, 4.69) is 0 Å². The molecule has 0 unspecified atom stereocenters. The number of aliphatic carboxylic acids is 1. The Morgan fingerprint density at radius 1 is 1.22 bits per heavy atom. The summed E-state index contributed by atoms with van der Waals surface area (Å²) in [6.45, 7) is 0. The van der Waals surface area contributed by atoms with Gasteiger partial charge >= 0.3 is 5.97 Å². The second-order valence-corrected chi connectivity index (χ2v) is 3.88. The molecule has 0 amide bonds. The number of ether oxygens (including phenoxy) is 3. The van der Waals surface area contributed by atoms with Crippen molar-refractivity contribution in [2.75, 3.05) is 21.3 Å². The summed E-state index contributed by atoms with van der Waals surface area (Å²) >= 11 is 6.15. The minimum absolute atomic E-state index is 0.0492. The molecule has 0 atom stereocenters. The number of carbonyl (C=O) groups is 1. The van der Waals surface area contributed by atoms with Crippen molar-refractivity contribution in [3.63, 3.8) is 0 Å². The van der Waals surface area contributed by atoms with E-state index >= 15 is 0 Å². The lowest BCUT2D eigenvalue weighted by Crippen LogP contribution is -2.03. The summed E-state index contributed by atoms with van der Waals surface area (Å²) in [5.74, 6) is 0.410. The monoisotopic (exact) mass is 274 g/mol. The topological polar surface area (TPSA) is 65.0 Å². The van der Waals surface area contributed by atoms with Gasteiger partial charge in [-0.25, -0.2) is 0 Å². The smallest absolute Gasteiger partial charge is 0.303 e. The van der Waals surface area contributed by atoms with Gasteiger partial charge in [-0.3, -0.25) is 4.79 Å². The second-order valence-electron chi connectivity index (χ2n) is 3.50. The molecule has 1 aromatic carbocycles. The predicted octanol–water partition coefficient (Wildman–Crippen LogP) is 2.38. The van der Waals surface area contributed by atoms with Gasteiger partial charge in [0, 0.05) is 18.1 Å². The van der Waals surface area contributed by atoms with Crippen LogP contribution in [0.4, 0.5) is 0 Å². The van der Waals surface area contributed by atoms with Crippen LogP contribution in [0.2, 0.25) is 5.02 Å². The summed E-state index contributed by atoms with van der Waals surface area (Å²) in [4.78, 5) is 10.6. The van der Waals surface area contributed by atoms with Crippen molar-refractivity contribution < 1.29 is 24.1 Å². The van der Waals surface area contributed by atoms with Gasteiger partial charge in [-0.1, -0.05) is 11.6 Å². The maximum atomic E-state index is 10.6. The van der Waals surface area contributed by atoms with E-state index in [1.54, 1.807) is 6.07 Å². The van der Waals surface area contributed by atoms with Gasteiger partial charge in [0.2, 0.25) is 0 Å². The average Bonchev–Trinajstić information content (AvgIpc) is 2.36. The number of benzene rings is 1. The van der Waals surface area contributed by atoms with E-state index in [-0.39, 0.29) is 12.8 Å². The first-order valence-corrected chi connectivity index (χ1v) is 5.62. The van der Waals surface area contributed by atoms with E-state index < -0.39 is 5.97 Å². The van der Waals surface area contributed by atoms with Crippen LogP contribution in [0.1, 0.15) is 12.0 Å². The molecule has 1 aromatic rings. The van der Waals surface area contributed by atoms with Crippen LogP contribution in [0.25, 0.3) is 0 Å². The molecule has 1 rings (SSSR count). The molecule has 0 aliphatic rings. The van der Waals surface area contributed by atoms with Crippen LogP contribution in [0.3, 0.4) is 0 Å². The molecule has 0 aliphatic heterocycles. The van der Waals surface area contributed by atoms with E-state index in [1.165, 1.54) is 21.3 Å². The molecule has 5 nitrogen and oxygen atoms in total. The number of methoxy groups -OCH3 is 3. The molecule has 18 heavy (non-hydrogen) atoms. The molecular formula is C12H15ClO5. The second kappa shape index (κ2) is 6.35. The van der Waals surface area contributed by atoms with Gasteiger partial charge in [-0.05, 0) is 6.42 Å². The molecule has 0 saturated heterocycles. The van der Waals surface area contributed by atoms with Crippen molar-refractivity contribution in [3.8, 4) is 17.2 Å². The third kappa shape index (κ3) is 2.98. The molecule has 1 N–H and O–H groups in total. The predicted molar refractivity (Wildman–Crippen MR) is 67.1 cm³/mol. The van der Waals surface area contributed by atoms with E-state index in [4.69, 9.17) is 30.9 Å².